The van der Waals surface area contributed by atoms with E-state index in [0.717, 1.165) is 42.6 Å². The van der Waals surface area contributed by atoms with Crippen molar-refractivity contribution in [1.82, 2.24) is 15.6 Å². The number of benzene rings is 2. The predicted molar refractivity (Wildman–Crippen MR) is 150 cm³/mol. The Bertz CT molecular complexity index is 1270. The Kier molecular flexibility index (Phi) is 8.42. The second-order valence-corrected chi connectivity index (χ2v) is 10.3. The first kappa shape index (κ1) is 26.7. The molecule has 3 N–H and O–H groups in total. The molecule has 8 nitrogen and oxygen atoms in total. The molecule has 204 valence electrons. The fraction of sp³-hybridized carbons (Fsp3) is 0.387. The maximum atomic E-state index is 13.3. The highest BCUT2D eigenvalue weighted by molar-refractivity contribution is 5.96. The summed E-state index contributed by atoms with van der Waals surface area (Å²) in [6.07, 6.45) is 6.61. The van der Waals surface area contributed by atoms with E-state index in [-0.39, 0.29) is 24.5 Å². The summed E-state index contributed by atoms with van der Waals surface area (Å²) in [5.74, 6) is 1.32. The Balaban J connectivity index is 1.20. The molecule has 0 spiro atoms. The molecule has 0 aliphatic carbocycles. The number of aliphatic hydroxyl groups is 1. The van der Waals surface area contributed by atoms with Crippen LogP contribution in [-0.2, 0) is 13.0 Å². The molecular weight excluding hydrogens is 492 g/mol. The lowest BCUT2D eigenvalue weighted by molar-refractivity contribution is 0.0923. The van der Waals surface area contributed by atoms with Gasteiger partial charge in [0.1, 0.15) is 11.6 Å². The number of fused-ring (bicyclic) bond motifs is 2. The second kappa shape index (κ2) is 12.3. The number of anilines is 1. The zero-order valence-electron chi connectivity index (χ0n) is 22.3. The van der Waals surface area contributed by atoms with E-state index in [0.29, 0.717) is 48.3 Å². The number of pyridine rings is 1. The fourth-order valence-corrected chi connectivity index (χ4v) is 5.97. The van der Waals surface area contributed by atoms with Gasteiger partial charge < -0.3 is 25.4 Å². The third kappa shape index (κ3) is 6.06. The van der Waals surface area contributed by atoms with Crippen molar-refractivity contribution in [2.45, 2.75) is 63.2 Å². The molecule has 3 heterocycles. The standard InChI is InChI=1S/C31H36N4O4/c1-39-28-11-5-9-27(26(28)10-6-16-36)31(38)34-23-17-24-13-14-25(18-23)35(24)29-15-12-22(20-32-29)30(37)33-19-21-7-3-2-4-8-21/h2-5,7-9,11-12,15,20,23-25,36H,6,10,13-14,16-19H2,1H3,(H,33,37)(H,34,38)/t23-,24+,25-. The van der Waals surface area contributed by atoms with Gasteiger partial charge in [-0.25, -0.2) is 4.98 Å². The minimum Gasteiger partial charge on any atom is -0.496 e. The van der Waals surface area contributed by atoms with Crippen LogP contribution in [0.25, 0.3) is 0 Å². The van der Waals surface area contributed by atoms with E-state index in [1.807, 2.05) is 60.7 Å². The van der Waals surface area contributed by atoms with Crippen molar-refractivity contribution in [2.24, 2.45) is 0 Å². The van der Waals surface area contributed by atoms with Gasteiger partial charge in [-0.2, -0.15) is 0 Å². The Morgan fingerprint density at radius 1 is 1.00 bits per heavy atom. The van der Waals surface area contributed by atoms with Gasteiger partial charge in [-0.3, -0.25) is 9.59 Å². The number of ether oxygens (including phenoxy) is 1. The number of hydrogen-bond donors (Lipinski definition) is 3. The van der Waals surface area contributed by atoms with Gasteiger partial charge in [-0.05, 0) is 68.4 Å². The third-order valence-corrected chi connectivity index (χ3v) is 7.82. The van der Waals surface area contributed by atoms with Gasteiger partial charge in [0.2, 0.25) is 0 Å². The average molecular weight is 529 g/mol. The van der Waals surface area contributed by atoms with Crippen LogP contribution in [0.15, 0.2) is 66.9 Å². The van der Waals surface area contributed by atoms with Crippen molar-refractivity contribution in [3.63, 3.8) is 0 Å². The van der Waals surface area contributed by atoms with Crippen molar-refractivity contribution in [1.29, 1.82) is 0 Å². The lowest BCUT2D eigenvalue weighted by Crippen LogP contribution is -2.51. The highest BCUT2D eigenvalue weighted by Gasteiger charge is 2.42. The van der Waals surface area contributed by atoms with Gasteiger partial charge in [-0.15, -0.1) is 0 Å². The van der Waals surface area contributed by atoms with Crippen LogP contribution in [0.2, 0.25) is 0 Å². The first-order valence-corrected chi connectivity index (χ1v) is 13.7. The van der Waals surface area contributed by atoms with Gasteiger partial charge in [-0.1, -0.05) is 36.4 Å². The van der Waals surface area contributed by atoms with E-state index in [2.05, 4.69) is 20.5 Å². The highest BCUT2D eigenvalue weighted by Crippen LogP contribution is 2.38. The number of methoxy groups -OCH3 is 1. The number of carbonyl (C=O) groups excluding carboxylic acids is 2. The summed E-state index contributed by atoms with van der Waals surface area (Å²) in [4.78, 5) is 32.9. The summed E-state index contributed by atoms with van der Waals surface area (Å²) in [6.45, 7) is 0.539. The van der Waals surface area contributed by atoms with Gasteiger partial charge in [0, 0.05) is 48.6 Å². The summed E-state index contributed by atoms with van der Waals surface area (Å²) < 4.78 is 5.49. The molecule has 1 aromatic heterocycles. The largest absolute Gasteiger partial charge is 0.496 e. The Morgan fingerprint density at radius 2 is 1.77 bits per heavy atom. The number of aliphatic hydroxyl groups excluding tert-OH is 1. The number of aromatic nitrogens is 1. The molecule has 3 aromatic rings. The molecule has 2 saturated heterocycles. The summed E-state index contributed by atoms with van der Waals surface area (Å²) in [6, 6.07) is 19.8. The molecule has 2 fully saturated rings. The number of nitrogens with one attached hydrogen (secondary N) is 2. The summed E-state index contributed by atoms with van der Waals surface area (Å²) >= 11 is 0. The Hall–Kier alpha value is -3.91. The van der Waals surface area contributed by atoms with E-state index in [9.17, 15) is 14.7 Å². The number of rotatable bonds is 10. The zero-order valence-corrected chi connectivity index (χ0v) is 22.3. The molecule has 2 aliphatic rings. The quantitative estimate of drug-likeness (QED) is 0.369. The maximum absolute atomic E-state index is 13.3. The average Bonchev–Trinajstić information content (AvgIpc) is 3.24. The van der Waals surface area contributed by atoms with Crippen molar-refractivity contribution in [2.75, 3.05) is 18.6 Å². The molecule has 8 heteroatoms. The molecule has 3 atom stereocenters. The molecule has 0 unspecified atom stereocenters. The van der Waals surface area contributed by atoms with Crippen LogP contribution in [0.5, 0.6) is 5.75 Å². The third-order valence-electron chi connectivity index (χ3n) is 7.82. The molecule has 2 aromatic carbocycles. The normalized spacial score (nSPS) is 19.9. The predicted octanol–water partition coefficient (Wildman–Crippen LogP) is 3.87. The van der Waals surface area contributed by atoms with Crippen LogP contribution in [0.3, 0.4) is 0 Å². The number of piperidine rings is 1. The van der Waals surface area contributed by atoms with Crippen LogP contribution in [-0.4, -0.2) is 53.7 Å². The smallest absolute Gasteiger partial charge is 0.253 e. The summed E-state index contributed by atoms with van der Waals surface area (Å²) in [7, 11) is 1.60. The highest BCUT2D eigenvalue weighted by atomic mass is 16.5. The van der Waals surface area contributed by atoms with Crippen molar-refractivity contribution < 1.29 is 19.4 Å². The molecule has 5 rings (SSSR count). The lowest BCUT2D eigenvalue weighted by atomic mass is 9.95. The first-order valence-electron chi connectivity index (χ1n) is 13.7. The van der Waals surface area contributed by atoms with E-state index >= 15 is 0 Å². The van der Waals surface area contributed by atoms with Crippen molar-refractivity contribution >= 4 is 17.6 Å². The molecular formula is C31H36N4O4. The monoisotopic (exact) mass is 528 g/mol. The van der Waals surface area contributed by atoms with Crippen molar-refractivity contribution in [3.05, 3.63) is 89.1 Å². The molecule has 2 aliphatic heterocycles. The first-order chi connectivity index (χ1) is 19.1. The number of amides is 2. The zero-order chi connectivity index (χ0) is 27.2. The van der Waals surface area contributed by atoms with Crippen LogP contribution >= 0.6 is 0 Å². The van der Waals surface area contributed by atoms with E-state index in [4.69, 9.17) is 4.74 Å². The number of nitrogens with zero attached hydrogens (tertiary/aromatic N) is 2. The van der Waals surface area contributed by atoms with Gasteiger partial charge in [0.05, 0.1) is 12.7 Å². The van der Waals surface area contributed by atoms with Crippen LogP contribution in [0, 0.1) is 0 Å². The van der Waals surface area contributed by atoms with E-state index in [1.54, 1.807) is 13.3 Å². The fourth-order valence-electron chi connectivity index (χ4n) is 5.97. The van der Waals surface area contributed by atoms with Crippen LogP contribution in [0.1, 0.15) is 63.9 Å². The minimum absolute atomic E-state index is 0.0638. The van der Waals surface area contributed by atoms with Gasteiger partial charge in [0.15, 0.2) is 0 Å². The lowest BCUT2D eigenvalue weighted by Gasteiger charge is -2.40. The molecule has 0 radical (unpaired) electrons. The van der Waals surface area contributed by atoms with Gasteiger partial charge >= 0.3 is 0 Å². The van der Waals surface area contributed by atoms with Gasteiger partial charge in [0.25, 0.3) is 11.8 Å². The summed E-state index contributed by atoms with van der Waals surface area (Å²) in [5, 5.41) is 15.5. The minimum atomic E-state index is -0.141. The molecule has 39 heavy (non-hydrogen) atoms. The second-order valence-electron chi connectivity index (χ2n) is 10.3. The topological polar surface area (TPSA) is 104 Å². The van der Waals surface area contributed by atoms with Crippen LogP contribution in [0.4, 0.5) is 5.82 Å². The Morgan fingerprint density at radius 3 is 2.44 bits per heavy atom. The Labute approximate surface area is 229 Å². The number of hydrogen-bond acceptors (Lipinski definition) is 6. The van der Waals surface area contributed by atoms with E-state index in [1.165, 1.54) is 0 Å². The van der Waals surface area contributed by atoms with Crippen LogP contribution < -0.4 is 20.3 Å². The number of carbonyl (C=O) groups is 2. The molecule has 2 bridgehead atoms. The molecule has 2 amide bonds. The summed E-state index contributed by atoms with van der Waals surface area (Å²) in [5.41, 5.74) is 3.04. The van der Waals surface area contributed by atoms with Crippen molar-refractivity contribution in [3.8, 4) is 5.75 Å². The SMILES string of the molecule is COc1cccc(C(=O)N[C@H]2C[C@H]3CC[C@@H](C2)N3c2ccc(C(=O)NCc3ccccc3)cn2)c1CCCO. The maximum Gasteiger partial charge on any atom is 0.253 e. The van der Waals surface area contributed by atoms with E-state index < -0.39 is 0 Å². The molecule has 0 saturated carbocycles.